The van der Waals surface area contributed by atoms with Gasteiger partial charge in [0.25, 0.3) is 5.91 Å². The molecule has 10 heteroatoms. The number of rotatable bonds is 9. The van der Waals surface area contributed by atoms with E-state index in [1.165, 1.54) is 17.8 Å². The van der Waals surface area contributed by atoms with Crippen molar-refractivity contribution in [2.45, 2.75) is 31.6 Å². The maximum Gasteiger partial charge on any atom is 0.253 e. The Hall–Kier alpha value is -2.55. The zero-order valence-electron chi connectivity index (χ0n) is 18.5. The average Bonchev–Trinajstić information content (AvgIpc) is 3.14. The standard InChI is InChI=1S/C23H25Cl2N5O2S/c1-14(2)20(27-22(32)17-10-9-16(24)11-18(17)25)21-28-29-23(30(21)3)33-13-19(31)26-12-15-7-5-4-6-8-15/h4-11,14,20H,12-13H2,1-3H3,(H,26,31)(H,27,32)/t20-/m0/s1. The number of halogens is 2. The lowest BCUT2D eigenvalue weighted by molar-refractivity contribution is -0.118. The molecule has 3 aromatic rings. The second-order valence-electron chi connectivity index (χ2n) is 7.77. The summed E-state index contributed by atoms with van der Waals surface area (Å²) in [6.45, 7) is 4.43. The third-order valence-corrected chi connectivity index (χ3v) is 6.51. The normalized spacial score (nSPS) is 11.9. The summed E-state index contributed by atoms with van der Waals surface area (Å²) in [5.74, 6) is 0.413. The smallest absolute Gasteiger partial charge is 0.253 e. The third-order valence-electron chi connectivity index (χ3n) is 4.94. The Morgan fingerprint density at radius 3 is 2.48 bits per heavy atom. The Labute approximate surface area is 207 Å². The van der Waals surface area contributed by atoms with Crippen molar-refractivity contribution in [1.29, 1.82) is 0 Å². The maximum atomic E-state index is 12.8. The van der Waals surface area contributed by atoms with Crippen LogP contribution in [0, 0.1) is 5.92 Å². The van der Waals surface area contributed by atoms with E-state index >= 15 is 0 Å². The molecule has 0 bridgehead atoms. The average molecular weight is 506 g/mol. The van der Waals surface area contributed by atoms with Crippen LogP contribution in [0.3, 0.4) is 0 Å². The number of aromatic nitrogens is 3. The minimum atomic E-state index is -0.400. The molecule has 1 aromatic heterocycles. The Morgan fingerprint density at radius 1 is 1.09 bits per heavy atom. The van der Waals surface area contributed by atoms with Crippen molar-refractivity contribution >= 4 is 46.8 Å². The molecule has 33 heavy (non-hydrogen) atoms. The molecule has 2 aromatic carbocycles. The zero-order chi connectivity index (χ0) is 24.0. The van der Waals surface area contributed by atoms with Gasteiger partial charge in [-0.1, -0.05) is 79.1 Å². The highest BCUT2D eigenvalue weighted by molar-refractivity contribution is 7.99. The fourth-order valence-electron chi connectivity index (χ4n) is 3.12. The monoisotopic (exact) mass is 505 g/mol. The minimum Gasteiger partial charge on any atom is -0.351 e. The van der Waals surface area contributed by atoms with Crippen LogP contribution in [0.25, 0.3) is 0 Å². The van der Waals surface area contributed by atoms with Gasteiger partial charge in [0.15, 0.2) is 11.0 Å². The Bertz CT molecular complexity index is 1120. The molecule has 0 fully saturated rings. The van der Waals surface area contributed by atoms with Gasteiger partial charge in [0.05, 0.1) is 22.4 Å². The lowest BCUT2D eigenvalue weighted by Crippen LogP contribution is -2.33. The van der Waals surface area contributed by atoms with E-state index in [1.54, 1.807) is 16.7 Å². The quantitative estimate of drug-likeness (QED) is 0.413. The SMILES string of the molecule is CC(C)[C@H](NC(=O)c1ccc(Cl)cc1Cl)c1nnc(SCC(=O)NCc2ccccc2)n1C. The highest BCUT2D eigenvalue weighted by Crippen LogP contribution is 2.26. The number of amides is 2. The molecule has 1 atom stereocenters. The van der Waals surface area contributed by atoms with E-state index in [2.05, 4.69) is 20.8 Å². The van der Waals surface area contributed by atoms with Gasteiger partial charge in [0.1, 0.15) is 0 Å². The predicted molar refractivity (Wildman–Crippen MR) is 132 cm³/mol. The molecular weight excluding hydrogens is 481 g/mol. The van der Waals surface area contributed by atoms with E-state index in [4.69, 9.17) is 23.2 Å². The summed E-state index contributed by atoms with van der Waals surface area (Å²) >= 11 is 13.4. The molecule has 174 valence electrons. The molecule has 0 saturated heterocycles. The van der Waals surface area contributed by atoms with Crippen LogP contribution in [0.2, 0.25) is 10.0 Å². The molecule has 2 N–H and O–H groups in total. The van der Waals surface area contributed by atoms with Gasteiger partial charge >= 0.3 is 0 Å². The third kappa shape index (κ3) is 6.72. The van der Waals surface area contributed by atoms with Gasteiger partial charge in [0, 0.05) is 18.6 Å². The van der Waals surface area contributed by atoms with Crippen molar-refractivity contribution in [3.05, 3.63) is 75.5 Å². The van der Waals surface area contributed by atoms with Crippen LogP contribution in [0.5, 0.6) is 0 Å². The predicted octanol–water partition coefficient (Wildman–Crippen LogP) is 4.66. The molecule has 0 unspecified atom stereocenters. The van der Waals surface area contributed by atoms with Crippen LogP contribution < -0.4 is 10.6 Å². The van der Waals surface area contributed by atoms with Crippen LogP contribution in [0.15, 0.2) is 53.7 Å². The number of hydrogen-bond acceptors (Lipinski definition) is 5. The fraction of sp³-hybridized carbons (Fsp3) is 0.304. The number of benzene rings is 2. The molecule has 7 nitrogen and oxygen atoms in total. The first-order valence-electron chi connectivity index (χ1n) is 10.3. The van der Waals surface area contributed by atoms with E-state index < -0.39 is 6.04 Å². The summed E-state index contributed by atoms with van der Waals surface area (Å²) in [6.07, 6.45) is 0. The van der Waals surface area contributed by atoms with Crippen molar-refractivity contribution in [2.24, 2.45) is 13.0 Å². The largest absolute Gasteiger partial charge is 0.351 e. The van der Waals surface area contributed by atoms with Gasteiger partial charge in [0.2, 0.25) is 5.91 Å². The van der Waals surface area contributed by atoms with E-state index in [9.17, 15) is 9.59 Å². The van der Waals surface area contributed by atoms with Gasteiger partial charge in [-0.15, -0.1) is 10.2 Å². The van der Waals surface area contributed by atoms with E-state index in [0.29, 0.717) is 28.1 Å². The van der Waals surface area contributed by atoms with Crippen molar-refractivity contribution in [1.82, 2.24) is 25.4 Å². The highest BCUT2D eigenvalue weighted by Gasteiger charge is 2.26. The summed E-state index contributed by atoms with van der Waals surface area (Å²) in [7, 11) is 1.82. The molecule has 0 aliphatic heterocycles. The van der Waals surface area contributed by atoms with Gasteiger partial charge in [-0.05, 0) is 29.7 Å². The summed E-state index contributed by atoms with van der Waals surface area (Å²) < 4.78 is 1.80. The Morgan fingerprint density at radius 2 is 1.82 bits per heavy atom. The molecule has 0 radical (unpaired) electrons. The number of carbonyl (C=O) groups is 2. The summed E-state index contributed by atoms with van der Waals surface area (Å²) in [5.41, 5.74) is 1.37. The first kappa shape index (κ1) is 25.1. The van der Waals surface area contributed by atoms with Crippen LogP contribution in [-0.4, -0.2) is 32.3 Å². The Kier molecular flexibility index (Phi) is 8.77. The zero-order valence-corrected chi connectivity index (χ0v) is 20.8. The van der Waals surface area contributed by atoms with Crippen LogP contribution in [0.1, 0.15) is 41.6 Å². The first-order valence-corrected chi connectivity index (χ1v) is 12.1. The van der Waals surface area contributed by atoms with E-state index in [0.717, 1.165) is 5.56 Å². The minimum absolute atomic E-state index is 0.0370. The van der Waals surface area contributed by atoms with Crippen LogP contribution in [-0.2, 0) is 18.4 Å². The van der Waals surface area contributed by atoms with Crippen LogP contribution >= 0.6 is 35.0 Å². The van der Waals surface area contributed by atoms with Crippen LogP contribution in [0.4, 0.5) is 0 Å². The van der Waals surface area contributed by atoms with E-state index in [1.807, 2.05) is 51.2 Å². The second-order valence-corrected chi connectivity index (χ2v) is 9.56. The van der Waals surface area contributed by atoms with Gasteiger partial charge in [-0.3, -0.25) is 9.59 Å². The lowest BCUT2D eigenvalue weighted by atomic mass is 10.0. The fourth-order valence-corrected chi connectivity index (χ4v) is 4.36. The summed E-state index contributed by atoms with van der Waals surface area (Å²) in [5, 5.41) is 15.7. The number of nitrogens with zero attached hydrogens (tertiary/aromatic N) is 3. The Balaban J connectivity index is 1.63. The molecule has 0 aliphatic carbocycles. The molecule has 3 rings (SSSR count). The van der Waals surface area contributed by atoms with Gasteiger partial charge < -0.3 is 15.2 Å². The molecule has 0 saturated carbocycles. The number of hydrogen-bond donors (Lipinski definition) is 2. The maximum absolute atomic E-state index is 12.8. The van der Waals surface area contributed by atoms with Gasteiger partial charge in [-0.25, -0.2) is 0 Å². The summed E-state index contributed by atoms with van der Waals surface area (Å²) in [4.78, 5) is 25.1. The number of carbonyl (C=O) groups excluding carboxylic acids is 2. The van der Waals surface area contributed by atoms with Crippen molar-refractivity contribution in [2.75, 3.05) is 5.75 Å². The van der Waals surface area contributed by atoms with Crippen molar-refractivity contribution < 1.29 is 9.59 Å². The highest BCUT2D eigenvalue weighted by atomic mass is 35.5. The number of nitrogens with one attached hydrogen (secondary N) is 2. The molecule has 0 spiro atoms. The first-order chi connectivity index (χ1) is 15.8. The summed E-state index contributed by atoms with van der Waals surface area (Å²) in [6, 6.07) is 14.1. The van der Waals surface area contributed by atoms with Crippen molar-refractivity contribution in [3.63, 3.8) is 0 Å². The van der Waals surface area contributed by atoms with Gasteiger partial charge in [-0.2, -0.15) is 0 Å². The molecule has 2 amide bonds. The van der Waals surface area contributed by atoms with E-state index in [-0.39, 0.29) is 28.5 Å². The molecular formula is C23H25Cl2N5O2S. The molecule has 1 heterocycles. The van der Waals surface area contributed by atoms with Crippen molar-refractivity contribution in [3.8, 4) is 0 Å². The molecule has 0 aliphatic rings. The topological polar surface area (TPSA) is 88.9 Å². The lowest BCUT2D eigenvalue weighted by Gasteiger charge is -2.22. The second kappa shape index (κ2) is 11.5. The number of thioether (sulfide) groups is 1.